The van der Waals surface area contributed by atoms with Crippen molar-refractivity contribution < 1.29 is 4.79 Å². The molecule has 0 amide bonds. The number of hydrogen-bond acceptors (Lipinski definition) is 2. The van der Waals surface area contributed by atoms with Crippen molar-refractivity contribution in [3.05, 3.63) is 52.0 Å². The smallest absolute Gasteiger partial charge is 0.202 e. The molecule has 3 nitrogen and oxygen atoms in total. The molecule has 0 aliphatic heterocycles. The molecule has 0 aliphatic rings. The van der Waals surface area contributed by atoms with E-state index in [0.717, 1.165) is 5.56 Å². The number of halogens is 2. The zero-order chi connectivity index (χ0) is 12.4. The number of nitrogens with zero attached hydrogens (tertiary/aromatic N) is 2. The number of aryl methyl sites for hydroxylation is 1. The van der Waals surface area contributed by atoms with Crippen LogP contribution in [0.5, 0.6) is 0 Å². The average Bonchev–Trinajstić information content (AvgIpc) is 2.68. The lowest BCUT2D eigenvalue weighted by Gasteiger charge is -2.04. The number of rotatable bonds is 3. The Hall–Kier alpha value is -1.32. The maximum atomic E-state index is 12.0. The van der Waals surface area contributed by atoms with E-state index in [0.29, 0.717) is 15.9 Å². The highest BCUT2D eigenvalue weighted by molar-refractivity contribution is 6.35. The van der Waals surface area contributed by atoms with Crippen molar-refractivity contribution in [2.45, 2.75) is 6.42 Å². The van der Waals surface area contributed by atoms with Crippen LogP contribution in [0.2, 0.25) is 10.0 Å². The number of carbonyl (C=O) groups is 1. The zero-order valence-electron chi connectivity index (χ0n) is 9.15. The van der Waals surface area contributed by atoms with Crippen LogP contribution in [-0.4, -0.2) is 15.3 Å². The third-order valence-corrected chi connectivity index (χ3v) is 3.02. The molecule has 0 saturated carbocycles. The van der Waals surface area contributed by atoms with E-state index < -0.39 is 0 Å². The van der Waals surface area contributed by atoms with E-state index in [1.54, 1.807) is 42.2 Å². The minimum atomic E-state index is -0.0678. The summed E-state index contributed by atoms with van der Waals surface area (Å²) in [6.07, 6.45) is 3.55. The van der Waals surface area contributed by atoms with E-state index in [9.17, 15) is 4.79 Å². The predicted molar refractivity (Wildman–Crippen MR) is 67.7 cm³/mol. The Bertz CT molecular complexity index is 563. The lowest BCUT2D eigenvalue weighted by Crippen LogP contribution is -2.10. The first-order valence-electron chi connectivity index (χ1n) is 5.02. The number of imidazole rings is 1. The summed E-state index contributed by atoms with van der Waals surface area (Å²) in [5, 5.41) is 1.06. The van der Waals surface area contributed by atoms with Crippen molar-refractivity contribution in [2.75, 3.05) is 0 Å². The van der Waals surface area contributed by atoms with E-state index >= 15 is 0 Å². The summed E-state index contributed by atoms with van der Waals surface area (Å²) in [5.41, 5.74) is 0.754. The molecule has 1 aromatic heterocycles. The highest BCUT2D eigenvalue weighted by Gasteiger charge is 2.13. The molecular weight excluding hydrogens is 259 g/mol. The van der Waals surface area contributed by atoms with Crippen molar-refractivity contribution >= 4 is 29.0 Å². The van der Waals surface area contributed by atoms with Crippen LogP contribution >= 0.6 is 23.2 Å². The molecule has 2 aromatic rings. The van der Waals surface area contributed by atoms with Gasteiger partial charge in [0.2, 0.25) is 5.78 Å². The Morgan fingerprint density at radius 1 is 1.41 bits per heavy atom. The number of ketones is 1. The van der Waals surface area contributed by atoms with Gasteiger partial charge in [0.25, 0.3) is 0 Å². The summed E-state index contributed by atoms with van der Waals surface area (Å²) in [5.74, 6) is 0.359. The number of hydrogen-bond donors (Lipinski definition) is 0. The Labute approximate surface area is 109 Å². The molecule has 5 heteroatoms. The van der Waals surface area contributed by atoms with E-state index in [-0.39, 0.29) is 12.2 Å². The largest absolute Gasteiger partial charge is 0.332 e. The summed E-state index contributed by atoms with van der Waals surface area (Å²) < 4.78 is 1.69. The SMILES string of the molecule is Cn1ccnc1C(=O)Cc1ccc(Cl)cc1Cl. The minimum Gasteiger partial charge on any atom is -0.332 e. The van der Waals surface area contributed by atoms with Crippen molar-refractivity contribution in [2.24, 2.45) is 7.05 Å². The van der Waals surface area contributed by atoms with Crippen LogP contribution in [-0.2, 0) is 13.5 Å². The molecule has 0 unspecified atom stereocenters. The lowest BCUT2D eigenvalue weighted by molar-refractivity contribution is 0.0980. The van der Waals surface area contributed by atoms with Crippen LogP contribution in [0, 0.1) is 0 Å². The van der Waals surface area contributed by atoms with E-state index in [1.165, 1.54) is 0 Å². The molecule has 0 atom stereocenters. The van der Waals surface area contributed by atoms with Gasteiger partial charge >= 0.3 is 0 Å². The first-order valence-corrected chi connectivity index (χ1v) is 5.78. The third-order valence-electron chi connectivity index (χ3n) is 2.44. The molecule has 17 heavy (non-hydrogen) atoms. The van der Waals surface area contributed by atoms with Gasteiger partial charge in [-0.05, 0) is 17.7 Å². The summed E-state index contributed by atoms with van der Waals surface area (Å²) >= 11 is 11.8. The van der Waals surface area contributed by atoms with Crippen LogP contribution in [0.1, 0.15) is 16.2 Å². The van der Waals surface area contributed by atoms with Crippen LogP contribution < -0.4 is 0 Å². The fourth-order valence-corrected chi connectivity index (χ4v) is 2.03. The second kappa shape index (κ2) is 4.90. The average molecular weight is 269 g/mol. The molecule has 0 spiro atoms. The Kier molecular flexibility index (Phi) is 3.50. The molecule has 0 saturated heterocycles. The lowest BCUT2D eigenvalue weighted by atomic mass is 10.1. The Morgan fingerprint density at radius 3 is 2.76 bits per heavy atom. The standard InChI is InChI=1S/C12H10Cl2N2O/c1-16-5-4-15-12(16)11(17)6-8-2-3-9(13)7-10(8)14/h2-5,7H,6H2,1H3. The van der Waals surface area contributed by atoms with Crippen molar-refractivity contribution in [1.29, 1.82) is 0 Å². The molecule has 1 heterocycles. The molecule has 0 N–H and O–H groups in total. The van der Waals surface area contributed by atoms with Gasteiger partial charge in [-0.1, -0.05) is 29.3 Å². The first kappa shape index (κ1) is 12.1. The minimum absolute atomic E-state index is 0.0678. The summed E-state index contributed by atoms with van der Waals surface area (Å²) in [4.78, 5) is 16.0. The zero-order valence-corrected chi connectivity index (χ0v) is 10.7. The Balaban J connectivity index is 2.22. The molecule has 88 valence electrons. The molecule has 0 aliphatic carbocycles. The van der Waals surface area contributed by atoms with Crippen LogP contribution in [0.15, 0.2) is 30.6 Å². The van der Waals surface area contributed by atoms with Crippen molar-refractivity contribution in [3.63, 3.8) is 0 Å². The van der Waals surface area contributed by atoms with Gasteiger partial charge in [-0.2, -0.15) is 0 Å². The Morgan fingerprint density at radius 2 is 2.18 bits per heavy atom. The first-order chi connectivity index (χ1) is 8.08. The van der Waals surface area contributed by atoms with E-state index in [1.807, 2.05) is 0 Å². The van der Waals surface area contributed by atoms with Gasteiger partial charge in [0, 0.05) is 35.9 Å². The van der Waals surface area contributed by atoms with Gasteiger partial charge in [0.15, 0.2) is 5.82 Å². The van der Waals surface area contributed by atoms with Crippen LogP contribution in [0.25, 0.3) is 0 Å². The number of benzene rings is 1. The second-order valence-corrected chi connectivity index (χ2v) is 4.54. The van der Waals surface area contributed by atoms with Gasteiger partial charge < -0.3 is 4.57 Å². The molecule has 0 fully saturated rings. The van der Waals surface area contributed by atoms with Gasteiger partial charge in [0.05, 0.1) is 0 Å². The quantitative estimate of drug-likeness (QED) is 0.802. The molecule has 0 radical (unpaired) electrons. The molecule has 1 aromatic carbocycles. The van der Waals surface area contributed by atoms with E-state index in [4.69, 9.17) is 23.2 Å². The molecular formula is C12H10Cl2N2O. The fraction of sp³-hybridized carbons (Fsp3) is 0.167. The van der Waals surface area contributed by atoms with Gasteiger partial charge in [-0.25, -0.2) is 4.98 Å². The number of aromatic nitrogens is 2. The topological polar surface area (TPSA) is 34.9 Å². The summed E-state index contributed by atoms with van der Waals surface area (Å²) in [6, 6.07) is 5.10. The highest BCUT2D eigenvalue weighted by atomic mass is 35.5. The summed E-state index contributed by atoms with van der Waals surface area (Å²) in [7, 11) is 1.78. The maximum Gasteiger partial charge on any atom is 0.202 e. The van der Waals surface area contributed by atoms with Gasteiger partial charge in [0.1, 0.15) is 0 Å². The summed E-state index contributed by atoms with van der Waals surface area (Å²) in [6.45, 7) is 0. The monoisotopic (exact) mass is 268 g/mol. The van der Waals surface area contributed by atoms with Gasteiger partial charge in [-0.15, -0.1) is 0 Å². The number of carbonyl (C=O) groups excluding carboxylic acids is 1. The van der Waals surface area contributed by atoms with E-state index in [2.05, 4.69) is 4.98 Å². The van der Waals surface area contributed by atoms with Crippen molar-refractivity contribution in [1.82, 2.24) is 9.55 Å². The van der Waals surface area contributed by atoms with Crippen LogP contribution in [0.4, 0.5) is 0 Å². The molecule has 0 bridgehead atoms. The van der Waals surface area contributed by atoms with Crippen molar-refractivity contribution in [3.8, 4) is 0 Å². The predicted octanol–water partition coefficient (Wildman–Crippen LogP) is 3.15. The normalized spacial score (nSPS) is 10.5. The van der Waals surface area contributed by atoms with Crippen LogP contribution in [0.3, 0.4) is 0 Å². The number of Topliss-reactive ketones (excluding diaryl/α,β-unsaturated/α-hetero) is 1. The maximum absolute atomic E-state index is 12.0. The highest BCUT2D eigenvalue weighted by Crippen LogP contribution is 2.22. The second-order valence-electron chi connectivity index (χ2n) is 3.70. The fourth-order valence-electron chi connectivity index (χ4n) is 1.55. The van der Waals surface area contributed by atoms with Gasteiger partial charge in [-0.3, -0.25) is 4.79 Å². The molecule has 2 rings (SSSR count). The third kappa shape index (κ3) is 2.68.